The largest absolute Gasteiger partial charge is 0.451 e. The van der Waals surface area contributed by atoms with Gasteiger partial charge < -0.3 is 15.2 Å². The minimum absolute atomic E-state index is 0.0464. The third-order valence-electron chi connectivity index (χ3n) is 5.37. The minimum atomic E-state index is -4.68. The third kappa shape index (κ3) is 4.35. The van der Waals surface area contributed by atoms with Gasteiger partial charge in [0.25, 0.3) is 0 Å². The molecule has 0 radical (unpaired) electrons. The molecule has 2 aliphatic heterocycles. The first-order valence-electron chi connectivity index (χ1n) is 9.41. The molecule has 0 bridgehead atoms. The van der Waals surface area contributed by atoms with E-state index in [0.29, 0.717) is 17.7 Å². The number of carbonyl (C=O) groups is 1. The number of amides is 1. The highest BCUT2D eigenvalue weighted by atomic mass is 19.4. The fourth-order valence-corrected chi connectivity index (χ4v) is 3.91. The van der Waals surface area contributed by atoms with Crippen LogP contribution in [0.4, 0.5) is 31.1 Å². The zero-order chi connectivity index (χ0) is 23.2. The van der Waals surface area contributed by atoms with Crippen LogP contribution in [0.25, 0.3) is 0 Å². The zero-order valence-corrected chi connectivity index (χ0v) is 16.2. The van der Waals surface area contributed by atoms with E-state index < -0.39 is 53.8 Å². The number of fused-ring (bicyclic) bond motifs is 1. The van der Waals surface area contributed by atoms with Crippen LogP contribution in [0.15, 0.2) is 18.3 Å². The summed E-state index contributed by atoms with van der Waals surface area (Å²) in [5.41, 5.74) is 5.45. The van der Waals surface area contributed by atoms with E-state index in [1.54, 1.807) is 4.90 Å². The van der Waals surface area contributed by atoms with Crippen LogP contribution in [-0.4, -0.2) is 39.7 Å². The van der Waals surface area contributed by atoms with Gasteiger partial charge in [-0.25, -0.2) is 27.9 Å². The van der Waals surface area contributed by atoms with Gasteiger partial charge in [0.05, 0.1) is 12.3 Å². The summed E-state index contributed by atoms with van der Waals surface area (Å²) in [5.74, 6) is -5.03. The number of hydrogen-bond donors (Lipinski definition) is 1. The molecule has 0 saturated carbocycles. The average molecular weight is 462 g/mol. The Bertz CT molecular complexity index is 1050. The molecule has 172 valence electrons. The Hall–Kier alpha value is -2.93. The maximum absolute atomic E-state index is 14.3. The smallest absolute Gasteiger partial charge is 0.443 e. The van der Waals surface area contributed by atoms with Crippen LogP contribution in [0.2, 0.25) is 0 Å². The number of rotatable bonds is 3. The highest BCUT2D eigenvalue weighted by Gasteiger charge is 2.41. The molecule has 0 unspecified atom stereocenters. The monoisotopic (exact) mass is 462 g/mol. The lowest BCUT2D eigenvalue weighted by molar-refractivity contribution is -0.145. The maximum Gasteiger partial charge on any atom is 0.451 e. The molecule has 3 atom stereocenters. The molecule has 2 aliphatic rings. The van der Waals surface area contributed by atoms with Crippen molar-refractivity contribution in [3.05, 3.63) is 58.4 Å². The lowest BCUT2D eigenvalue weighted by Crippen LogP contribution is -2.46. The molecule has 1 amide bonds. The summed E-state index contributed by atoms with van der Waals surface area (Å²) < 4.78 is 90.5. The first-order valence-corrected chi connectivity index (χ1v) is 9.41. The number of alkyl halides is 3. The number of nitrogens with zero attached hydrogens (tertiary/aromatic N) is 3. The summed E-state index contributed by atoms with van der Waals surface area (Å²) in [7, 11) is 0. The van der Waals surface area contributed by atoms with Crippen molar-refractivity contribution in [2.75, 3.05) is 6.61 Å². The summed E-state index contributed by atoms with van der Waals surface area (Å²) in [5, 5.41) is 0. The van der Waals surface area contributed by atoms with Crippen LogP contribution in [0.1, 0.15) is 35.2 Å². The number of primary amides is 1. The van der Waals surface area contributed by atoms with E-state index in [4.69, 9.17) is 15.2 Å². The first-order chi connectivity index (χ1) is 15.0. The summed E-state index contributed by atoms with van der Waals surface area (Å²) in [6, 6.07) is 0.509. The van der Waals surface area contributed by atoms with E-state index in [2.05, 4.69) is 9.97 Å². The average Bonchev–Trinajstić information content (AvgIpc) is 3.13. The SMILES string of the molecule is NC(=O)O[C@H]1C[C@@H](N2Cc3cnc(C(F)(F)F)nc3C2)CO[C@@H]1c1cc(F)c(F)cc1F. The van der Waals surface area contributed by atoms with Crippen LogP contribution < -0.4 is 5.73 Å². The van der Waals surface area contributed by atoms with Gasteiger partial charge in [0.1, 0.15) is 18.0 Å². The summed E-state index contributed by atoms with van der Waals surface area (Å²) in [6.07, 6.45) is -7.11. The molecular formula is C19H16F6N4O3. The Morgan fingerprint density at radius 2 is 1.88 bits per heavy atom. The molecule has 4 rings (SSSR count). The van der Waals surface area contributed by atoms with Crippen molar-refractivity contribution in [3.63, 3.8) is 0 Å². The summed E-state index contributed by atoms with van der Waals surface area (Å²) in [6.45, 7) is 0.229. The van der Waals surface area contributed by atoms with Crippen molar-refractivity contribution in [2.24, 2.45) is 5.73 Å². The van der Waals surface area contributed by atoms with Crippen LogP contribution in [0, 0.1) is 17.5 Å². The van der Waals surface area contributed by atoms with Gasteiger partial charge in [0, 0.05) is 48.9 Å². The van der Waals surface area contributed by atoms with Gasteiger partial charge in [-0.05, 0) is 6.07 Å². The van der Waals surface area contributed by atoms with Crippen LogP contribution >= 0.6 is 0 Å². The molecule has 2 aromatic rings. The van der Waals surface area contributed by atoms with Gasteiger partial charge in [0.15, 0.2) is 11.6 Å². The van der Waals surface area contributed by atoms with Crippen molar-refractivity contribution < 1.29 is 40.6 Å². The quantitative estimate of drug-likeness (QED) is 0.557. The Morgan fingerprint density at radius 1 is 1.16 bits per heavy atom. The molecule has 1 aromatic carbocycles. The summed E-state index contributed by atoms with van der Waals surface area (Å²) in [4.78, 5) is 20.0. The number of nitrogens with two attached hydrogens (primary N) is 1. The van der Waals surface area contributed by atoms with Gasteiger partial charge in [-0.15, -0.1) is 0 Å². The van der Waals surface area contributed by atoms with Crippen molar-refractivity contribution in [1.82, 2.24) is 14.9 Å². The predicted octanol–water partition coefficient (Wildman–Crippen LogP) is 3.22. The van der Waals surface area contributed by atoms with E-state index in [-0.39, 0.29) is 37.4 Å². The molecule has 32 heavy (non-hydrogen) atoms. The van der Waals surface area contributed by atoms with Gasteiger partial charge in [-0.1, -0.05) is 0 Å². The fraction of sp³-hybridized carbons (Fsp3) is 0.421. The Labute approximate surface area is 177 Å². The molecule has 1 saturated heterocycles. The first kappa shape index (κ1) is 22.3. The second-order valence-electron chi connectivity index (χ2n) is 7.47. The molecule has 2 N–H and O–H groups in total. The van der Waals surface area contributed by atoms with Gasteiger partial charge in [-0.3, -0.25) is 4.90 Å². The molecule has 0 aliphatic carbocycles. The number of hydrogen-bond acceptors (Lipinski definition) is 6. The number of benzene rings is 1. The minimum Gasteiger partial charge on any atom is -0.443 e. The number of ether oxygens (including phenoxy) is 2. The molecule has 13 heteroatoms. The van der Waals surface area contributed by atoms with Gasteiger partial charge in [0.2, 0.25) is 5.82 Å². The molecular weight excluding hydrogens is 446 g/mol. The second-order valence-corrected chi connectivity index (χ2v) is 7.47. The van der Waals surface area contributed by atoms with E-state index in [1.165, 1.54) is 0 Å². The fourth-order valence-electron chi connectivity index (χ4n) is 3.91. The van der Waals surface area contributed by atoms with Crippen molar-refractivity contribution in [3.8, 4) is 0 Å². The lowest BCUT2D eigenvalue weighted by Gasteiger charge is -2.39. The predicted molar refractivity (Wildman–Crippen MR) is 94.2 cm³/mol. The van der Waals surface area contributed by atoms with Crippen molar-refractivity contribution in [2.45, 2.75) is 43.9 Å². The highest BCUT2D eigenvalue weighted by Crippen LogP contribution is 2.37. The molecule has 1 fully saturated rings. The van der Waals surface area contributed by atoms with E-state index >= 15 is 0 Å². The van der Waals surface area contributed by atoms with Gasteiger partial charge >= 0.3 is 12.3 Å². The zero-order valence-electron chi connectivity index (χ0n) is 16.2. The van der Waals surface area contributed by atoms with Crippen molar-refractivity contribution >= 4 is 6.09 Å². The van der Waals surface area contributed by atoms with Crippen LogP contribution in [0.5, 0.6) is 0 Å². The number of carbonyl (C=O) groups excluding carboxylic acids is 1. The number of aromatic nitrogens is 2. The normalized spacial score (nSPS) is 23.8. The van der Waals surface area contributed by atoms with Crippen LogP contribution in [-0.2, 0) is 28.7 Å². The van der Waals surface area contributed by atoms with Crippen LogP contribution in [0.3, 0.4) is 0 Å². The standard InChI is InChI=1S/C19H16F6N4O3/c20-11-3-13(22)12(21)2-10(11)16-15(32-18(26)30)1-9(7-31-16)29-5-8-4-27-17(19(23,24)25)28-14(8)6-29/h2-4,9,15-16H,1,5-7H2,(H2,26,30)/t9-,15+,16-/m1/s1. The van der Waals surface area contributed by atoms with Gasteiger partial charge in [-0.2, -0.15) is 13.2 Å². The molecule has 0 spiro atoms. The number of halogens is 6. The Balaban J connectivity index is 1.53. The molecule has 1 aromatic heterocycles. The molecule has 3 heterocycles. The maximum atomic E-state index is 14.3. The summed E-state index contributed by atoms with van der Waals surface area (Å²) >= 11 is 0. The highest BCUT2D eigenvalue weighted by molar-refractivity contribution is 5.65. The van der Waals surface area contributed by atoms with E-state index in [9.17, 15) is 31.1 Å². The van der Waals surface area contributed by atoms with E-state index in [1.807, 2.05) is 0 Å². The van der Waals surface area contributed by atoms with E-state index in [0.717, 1.165) is 6.20 Å². The Morgan fingerprint density at radius 3 is 2.56 bits per heavy atom. The lowest BCUT2D eigenvalue weighted by atomic mass is 9.94. The topological polar surface area (TPSA) is 90.6 Å². The molecule has 7 nitrogen and oxygen atoms in total. The third-order valence-corrected chi connectivity index (χ3v) is 5.37. The van der Waals surface area contributed by atoms with Crippen molar-refractivity contribution in [1.29, 1.82) is 0 Å². The Kier molecular flexibility index (Phi) is 5.71. The second kappa shape index (κ2) is 8.20.